The highest BCUT2D eigenvalue weighted by Crippen LogP contribution is 2.40. The molecule has 0 spiro atoms. The number of amides is 1. The Morgan fingerprint density at radius 3 is 2.89 bits per heavy atom. The molecule has 0 aliphatic carbocycles. The molecule has 1 amide bonds. The molecule has 0 radical (unpaired) electrons. The summed E-state index contributed by atoms with van der Waals surface area (Å²) in [4.78, 5) is 14.9. The van der Waals surface area contributed by atoms with E-state index in [1.165, 1.54) is 17.3 Å². The lowest BCUT2D eigenvalue weighted by Gasteiger charge is -2.20. The maximum Gasteiger partial charge on any atom is 0.253 e. The molecule has 2 aliphatic rings. The highest BCUT2D eigenvalue weighted by atomic mass is 32.2. The summed E-state index contributed by atoms with van der Waals surface area (Å²) in [6, 6.07) is 11.7. The Morgan fingerprint density at radius 2 is 1.93 bits per heavy atom. The van der Waals surface area contributed by atoms with Crippen molar-refractivity contribution in [2.45, 2.75) is 11.7 Å². The third kappa shape index (κ3) is 3.23. The van der Waals surface area contributed by atoms with Crippen LogP contribution in [0.4, 0.5) is 0 Å². The van der Waals surface area contributed by atoms with E-state index >= 15 is 0 Å². The fourth-order valence-corrected chi connectivity index (χ4v) is 5.19. The van der Waals surface area contributed by atoms with Crippen LogP contribution in [-0.2, 0) is 0 Å². The van der Waals surface area contributed by atoms with E-state index in [4.69, 9.17) is 9.47 Å². The summed E-state index contributed by atoms with van der Waals surface area (Å²) in [5, 5.41) is 0.350. The molecule has 0 bridgehead atoms. The van der Waals surface area contributed by atoms with Gasteiger partial charge >= 0.3 is 0 Å². The molecule has 2 aliphatic heterocycles. The average molecular weight is 399 g/mol. The van der Waals surface area contributed by atoms with Crippen molar-refractivity contribution in [3.63, 3.8) is 0 Å². The standard InChI is InChI=1S/C19H17N3O3S2/c23-19(13-1-3-14-15(9-13)21-27-20-14)22-6-5-18(26-8-7-22)12-2-4-16-17(10-12)25-11-24-16/h1-4,9-10,18H,5-8,11H2. The minimum absolute atomic E-state index is 0.0665. The number of carbonyl (C=O) groups excluding carboxylic acids is 1. The van der Waals surface area contributed by atoms with Crippen molar-refractivity contribution >= 4 is 40.4 Å². The van der Waals surface area contributed by atoms with Crippen molar-refractivity contribution in [2.75, 3.05) is 25.6 Å². The summed E-state index contributed by atoms with van der Waals surface area (Å²) in [5.74, 6) is 2.60. The average Bonchev–Trinajstić information content (AvgIpc) is 3.29. The van der Waals surface area contributed by atoms with Gasteiger partial charge in [0.1, 0.15) is 11.0 Å². The third-order valence-electron chi connectivity index (χ3n) is 4.90. The Kier molecular flexibility index (Phi) is 4.37. The molecule has 1 unspecified atom stereocenters. The summed E-state index contributed by atoms with van der Waals surface area (Å²) in [6.07, 6.45) is 0.913. The Balaban J connectivity index is 1.31. The van der Waals surface area contributed by atoms with E-state index in [9.17, 15) is 4.79 Å². The van der Waals surface area contributed by atoms with Crippen LogP contribution in [0.2, 0.25) is 0 Å². The van der Waals surface area contributed by atoms with Crippen molar-refractivity contribution < 1.29 is 14.3 Å². The quantitative estimate of drug-likeness (QED) is 0.654. The summed E-state index contributed by atoms with van der Waals surface area (Å²) in [6.45, 7) is 1.77. The number of carbonyl (C=O) groups is 1. The molecule has 1 fully saturated rings. The van der Waals surface area contributed by atoms with E-state index in [0.29, 0.717) is 10.8 Å². The lowest BCUT2D eigenvalue weighted by molar-refractivity contribution is 0.0766. The second kappa shape index (κ2) is 7.01. The van der Waals surface area contributed by atoms with Crippen LogP contribution in [0.3, 0.4) is 0 Å². The molecule has 0 N–H and O–H groups in total. The van der Waals surface area contributed by atoms with Crippen molar-refractivity contribution in [3.05, 3.63) is 47.5 Å². The number of ether oxygens (including phenoxy) is 2. The first kappa shape index (κ1) is 16.8. The molecule has 6 nitrogen and oxygen atoms in total. The molecule has 3 aromatic rings. The molecule has 3 heterocycles. The van der Waals surface area contributed by atoms with E-state index in [1.807, 2.05) is 40.9 Å². The molecule has 0 saturated carbocycles. The monoisotopic (exact) mass is 399 g/mol. The number of nitrogens with zero attached hydrogens (tertiary/aromatic N) is 3. The number of thioether (sulfide) groups is 1. The fourth-order valence-electron chi connectivity index (χ4n) is 3.45. The first-order valence-electron chi connectivity index (χ1n) is 8.81. The lowest BCUT2D eigenvalue weighted by Crippen LogP contribution is -2.32. The van der Waals surface area contributed by atoms with Crippen LogP contribution < -0.4 is 9.47 Å². The van der Waals surface area contributed by atoms with Gasteiger partial charge in [0.05, 0.1) is 11.7 Å². The van der Waals surface area contributed by atoms with Crippen LogP contribution >= 0.6 is 23.5 Å². The van der Waals surface area contributed by atoms with E-state index in [1.54, 1.807) is 0 Å². The van der Waals surface area contributed by atoms with Crippen LogP contribution in [0, 0.1) is 0 Å². The number of aromatic nitrogens is 2. The summed E-state index contributed by atoms with van der Waals surface area (Å²) in [5.41, 5.74) is 3.54. The molecule has 2 aromatic carbocycles. The summed E-state index contributed by atoms with van der Waals surface area (Å²) in [7, 11) is 0. The van der Waals surface area contributed by atoms with Gasteiger partial charge in [-0.25, -0.2) is 0 Å². The van der Waals surface area contributed by atoms with Crippen molar-refractivity contribution in [1.82, 2.24) is 13.6 Å². The number of hydrogen-bond donors (Lipinski definition) is 0. The van der Waals surface area contributed by atoms with Gasteiger partial charge in [-0.15, -0.1) is 0 Å². The van der Waals surface area contributed by atoms with Gasteiger partial charge in [-0.3, -0.25) is 4.79 Å². The SMILES string of the molecule is O=C(c1ccc2nsnc2c1)N1CCSC(c2ccc3c(c2)OCO3)CC1. The number of fused-ring (bicyclic) bond motifs is 2. The summed E-state index contributed by atoms with van der Waals surface area (Å²) < 4.78 is 19.3. The van der Waals surface area contributed by atoms with Gasteiger partial charge in [0.2, 0.25) is 6.79 Å². The molecule has 8 heteroatoms. The molecule has 138 valence electrons. The maximum atomic E-state index is 12.9. The van der Waals surface area contributed by atoms with Crippen LogP contribution in [0.1, 0.15) is 27.6 Å². The predicted octanol–water partition coefficient (Wildman–Crippen LogP) is 3.74. The Morgan fingerprint density at radius 1 is 1.04 bits per heavy atom. The zero-order valence-corrected chi connectivity index (χ0v) is 16.1. The van der Waals surface area contributed by atoms with Gasteiger partial charge in [-0.2, -0.15) is 20.5 Å². The zero-order valence-electron chi connectivity index (χ0n) is 14.5. The van der Waals surface area contributed by atoms with Gasteiger partial charge in [-0.05, 0) is 42.3 Å². The van der Waals surface area contributed by atoms with Crippen molar-refractivity contribution in [1.29, 1.82) is 0 Å². The van der Waals surface area contributed by atoms with E-state index in [0.717, 1.165) is 47.8 Å². The van der Waals surface area contributed by atoms with Crippen LogP contribution in [0.25, 0.3) is 11.0 Å². The van der Waals surface area contributed by atoms with E-state index in [-0.39, 0.29) is 12.7 Å². The molecular weight excluding hydrogens is 382 g/mol. The van der Waals surface area contributed by atoms with Gasteiger partial charge in [0.15, 0.2) is 11.5 Å². The van der Waals surface area contributed by atoms with Crippen molar-refractivity contribution in [2.24, 2.45) is 0 Å². The minimum Gasteiger partial charge on any atom is -0.454 e. The van der Waals surface area contributed by atoms with Gasteiger partial charge in [-0.1, -0.05) is 6.07 Å². The number of rotatable bonds is 2. The minimum atomic E-state index is 0.0665. The highest BCUT2D eigenvalue weighted by Gasteiger charge is 2.24. The number of hydrogen-bond acceptors (Lipinski definition) is 7. The van der Waals surface area contributed by atoms with Crippen molar-refractivity contribution in [3.8, 4) is 11.5 Å². The lowest BCUT2D eigenvalue weighted by atomic mass is 10.1. The molecule has 1 aromatic heterocycles. The van der Waals surface area contributed by atoms with E-state index < -0.39 is 0 Å². The largest absolute Gasteiger partial charge is 0.454 e. The predicted molar refractivity (Wildman–Crippen MR) is 106 cm³/mol. The van der Waals surface area contributed by atoms with Gasteiger partial charge in [0, 0.05) is 29.7 Å². The normalized spacial score (nSPS) is 19.3. The van der Waals surface area contributed by atoms with Gasteiger partial charge < -0.3 is 14.4 Å². The first-order chi connectivity index (χ1) is 13.3. The Bertz CT molecular complexity index is 1010. The van der Waals surface area contributed by atoms with Gasteiger partial charge in [0.25, 0.3) is 5.91 Å². The van der Waals surface area contributed by atoms with Crippen LogP contribution in [0.15, 0.2) is 36.4 Å². The smallest absolute Gasteiger partial charge is 0.253 e. The first-order valence-corrected chi connectivity index (χ1v) is 10.6. The second-order valence-corrected chi connectivity index (χ2v) is 8.36. The fraction of sp³-hybridized carbons (Fsp3) is 0.316. The molecule has 5 rings (SSSR count). The highest BCUT2D eigenvalue weighted by molar-refractivity contribution is 7.99. The van der Waals surface area contributed by atoms with Crippen LogP contribution in [0.5, 0.6) is 11.5 Å². The Hall–Kier alpha value is -2.32. The number of benzene rings is 2. The molecule has 1 saturated heterocycles. The van der Waals surface area contributed by atoms with E-state index in [2.05, 4.69) is 20.9 Å². The Labute approximate surface area is 164 Å². The topological polar surface area (TPSA) is 64.6 Å². The molecular formula is C19H17N3O3S2. The molecule has 27 heavy (non-hydrogen) atoms. The maximum absolute atomic E-state index is 12.9. The molecule has 1 atom stereocenters. The zero-order chi connectivity index (χ0) is 18.2. The summed E-state index contributed by atoms with van der Waals surface area (Å²) >= 11 is 3.06. The van der Waals surface area contributed by atoms with Crippen LogP contribution in [-0.4, -0.2) is 45.2 Å². The third-order valence-corrected chi connectivity index (χ3v) is 6.78. The second-order valence-electron chi connectivity index (χ2n) is 6.52.